The van der Waals surface area contributed by atoms with Gasteiger partial charge in [-0.2, -0.15) is 4.31 Å². The molecule has 1 heterocycles. The molecule has 1 aliphatic heterocycles. The van der Waals surface area contributed by atoms with Crippen LogP contribution in [0.2, 0.25) is 0 Å². The summed E-state index contributed by atoms with van der Waals surface area (Å²) in [4.78, 5) is -0.317. The third kappa shape index (κ3) is 2.90. The molecule has 1 aliphatic rings. The van der Waals surface area contributed by atoms with Crippen molar-refractivity contribution in [1.82, 2.24) is 4.31 Å². The van der Waals surface area contributed by atoms with Crippen LogP contribution in [0.4, 0.5) is 10.1 Å². The van der Waals surface area contributed by atoms with Gasteiger partial charge >= 0.3 is 0 Å². The van der Waals surface area contributed by atoms with Gasteiger partial charge in [0.15, 0.2) is 0 Å². The van der Waals surface area contributed by atoms with Crippen molar-refractivity contribution < 1.29 is 12.8 Å². The summed E-state index contributed by atoms with van der Waals surface area (Å²) in [7, 11) is -3.77. The Balaban J connectivity index is 2.26. The van der Waals surface area contributed by atoms with Crippen LogP contribution in [0.15, 0.2) is 23.1 Å². The zero-order valence-corrected chi connectivity index (χ0v) is 11.8. The Labute approximate surface area is 113 Å². The molecule has 0 atom stereocenters. The summed E-state index contributed by atoms with van der Waals surface area (Å²) in [5.74, 6) is -0.177. The first-order chi connectivity index (χ1) is 8.95. The largest absolute Gasteiger partial charge is 0.399 e. The zero-order valence-electron chi connectivity index (χ0n) is 11.0. The molecule has 6 heteroatoms. The lowest BCUT2D eigenvalue weighted by molar-refractivity contribution is 0.268. The fourth-order valence-electron chi connectivity index (χ4n) is 2.41. The maximum absolute atomic E-state index is 13.7. The highest BCUT2D eigenvalue weighted by molar-refractivity contribution is 7.89. The minimum Gasteiger partial charge on any atom is -0.399 e. The van der Waals surface area contributed by atoms with Crippen molar-refractivity contribution in [2.75, 3.05) is 18.8 Å². The maximum atomic E-state index is 13.7. The average molecular weight is 286 g/mol. The summed E-state index contributed by atoms with van der Waals surface area (Å²) in [5.41, 5.74) is 5.80. The van der Waals surface area contributed by atoms with E-state index in [0.717, 1.165) is 25.3 Å². The van der Waals surface area contributed by atoms with Gasteiger partial charge in [-0.3, -0.25) is 0 Å². The Kier molecular flexibility index (Phi) is 4.10. The van der Waals surface area contributed by atoms with E-state index in [-0.39, 0.29) is 10.6 Å². The summed E-state index contributed by atoms with van der Waals surface area (Å²) in [6.07, 6.45) is 2.72. The zero-order chi connectivity index (χ0) is 14.0. The van der Waals surface area contributed by atoms with Gasteiger partial charge in [-0.25, -0.2) is 12.8 Å². The van der Waals surface area contributed by atoms with E-state index in [4.69, 9.17) is 5.73 Å². The van der Waals surface area contributed by atoms with Gasteiger partial charge in [0.2, 0.25) is 10.0 Å². The molecule has 0 amide bonds. The number of sulfonamides is 1. The van der Waals surface area contributed by atoms with E-state index in [1.165, 1.54) is 16.4 Å². The minimum absolute atomic E-state index is 0.253. The quantitative estimate of drug-likeness (QED) is 0.867. The molecule has 0 aliphatic carbocycles. The van der Waals surface area contributed by atoms with E-state index in [9.17, 15) is 12.8 Å². The lowest BCUT2D eigenvalue weighted by Gasteiger charge is -2.30. The monoisotopic (exact) mass is 286 g/mol. The van der Waals surface area contributed by atoms with Crippen molar-refractivity contribution in [1.29, 1.82) is 0 Å². The van der Waals surface area contributed by atoms with Gasteiger partial charge < -0.3 is 5.73 Å². The Morgan fingerprint density at radius 1 is 1.37 bits per heavy atom. The molecule has 1 aromatic rings. The second-order valence-electron chi connectivity index (χ2n) is 4.95. The lowest BCUT2D eigenvalue weighted by Crippen LogP contribution is -2.38. The van der Waals surface area contributed by atoms with Crippen molar-refractivity contribution in [2.45, 2.75) is 31.1 Å². The van der Waals surface area contributed by atoms with Crippen LogP contribution < -0.4 is 5.73 Å². The summed E-state index contributed by atoms with van der Waals surface area (Å²) in [6, 6.07) is 3.65. The molecule has 0 bridgehead atoms. The van der Waals surface area contributed by atoms with Crippen molar-refractivity contribution >= 4 is 15.7 Å². The number of anilines is 1. The number of nitrogen functional groups attached to an aromatic ring is 1. The molecule has 19 heavy (non-hydrogen) atoms. The Morgan fingerprint density at radius 3 is 2.58 bits per heavy atom. The fraction of sp³-hybridized carbons (Fsp3) is 0.538. The number of rotatable bonds is 3. The number of nitrogens with zero attached hydrogens (tertiary/aromatic N) is 1. The van der Waals surface area contributed by atoms with Gasteiger partial charge in [0, 0.05) is 18.8 Å². The SMILES string of the molecule is CCC1CCN(S(=O)(=O)c2cc(N)ccc2F)CC1. The fourth-order valence-corrected chi connectivity index (χ4v) is 3.98. The Hall–Kier alpha value is -1.14. The summed E-state index contributed by atoms with van der Waals surface area (Å²) in [5, 5.41) is 0. The van der Waals surface area contributed by atoms with Gasteiger partial charge in [0.05, 0.1) is 0 Å². The summed E-state index contributed by atoms with van der Waals surface area (Å²) >= 11 is 0. The molecular formula is C13H19FN2O2S. The number of benzene rings is 1. The minimum atomic E-state index is -3.77. The number of piperidine rings is 1. The molecule has 1 saturated heterocycles. The van der Waals surface area contributed by atoms with Gasteiger partial charge in [-0.15, -0.1) is 0 Å². The van der Waals surface area contributed by atoms with E-state index < -0.39 is 15.8 Å². The molecule has 0 unspecified atom stereocenters. The van der Waals surface area contributed by atoms with Crippen LogP contribution in [-0.2, 0) is 10.0 Å². The van der Waals surface area contributed by atoms with E-state index >= 15 is 0 Å². The van der Waals surface area contributed by atoms with E-state index in [1.807, 2.05) is 0 Å². The first-order valence-corrected chi connectivity index (χ1v) is 7.94. The molecule has 4 nitrogen and oxygen atoms in total. The van der Waals surface area contributed by atoms with Crippen LogP contribution in [-0.4, -0.2) is 25.8 Å². The summed E-state index contributed by atoms with van der Waals surface area (Å²) < 4.78 is 39.8. The smallest absolute Gasteiger partial charge is 0.246 e. The molecule has 2 N–H and O–H groups in total. The van der Waals surface area contributed by atoms with E-state index in [0.29, 0.717) is 19.0 Å². The third-order valence-electron chi connectivity index (χ3n) is 3.72. The first-order valence-electron chi connectivity index (χ1n) is 6.50. The number of hydrogen-bond donors (Lipinski definition) is 1. The second-order valence-corrected chi connectivity index (χ2v) is 6.85. The lowest BCUT2D eigenvalue weighted by atomic mass is 9.96. The Morgan fingerprint density at radius 2 is 2.00 bits per heavy atom. The van der Waals surface area contributed by atoms with Crippen LogP contribution in [0, 0.1) is 11.7 Å². The highest BCUT2D eigenvalue weighted by Gasteiger charge is 2.30. The average Bonchev–Trinajstić information content (AvgIpc) is 2.41. The number of hydrogen-bond acceptors (Lipinski definition) is 3. The highest BCUT2D eigenvalue weighted by Crippen LogP contribution is 2.27. The maximum Gasteiger partial charge on any atom is 0.246 e. The molecular weight excluding hydrogens is 267 g/mol. The number of nitrogens with two attached hydrogens (primary N) is 1. The normalized spacial score (nSPS) is 18.6. The van der Waals surface area contributed by atoms with Crippen LogP contribution >= 0.6 is 0 Å². The van der Waals surface area contributed by atoms with Crippen molar-refractivity contribution in [3.05, 3.63) is 24.0 Å². The summed E-state index contributed by atoms with van der Waals surface area (Å²) in [6.45, 7) is 3.01. The first kappa shape index (κ1) is 14.3. The van der Waals surface area contributed by atoms with Gasteiger partial charge in [-0.05, 0) is 37.0 Å². The standard InChI is InChI=1S/C13H19FN2O2S/c1-2-10-5-7-16(8-6-10)19(17,18)13-9-11(15)3-4-12(13)14/h3-4,9-10H,2,5-8,15H2,1H3. The second kappa shape index (κ2) is 5.46. The Bertz CT molecular complexity index is 552. The molecule has 106 valence electrons. The molecule has 0 spiro atoms. The molecule has 0 saturated carbocycles. The van der Waals surface area contributed by atoms with Crippen molar-refractivity contribution in [2.24, 2.45) is 5.92 Å². The topological polar surface area (TPSA) is 63.4 Å². The molecule has 1 aromatic carbocycles. The van der Waals surface area contributed by atoms with Crippen molar-refractivity contribution in [3.8, 4) is 0 Å². The van der Waals surface area contributed by atoms with Gasteiger partial charge in [0.25, 0.3) is 0 Å². The van der Waals surface area contributed by atoms with Crippen LogP contribution in [0.1, 0.15) is 26.2 Å². The molecule has 1 fully saturated rings. The van der Waals surface area contributed by atoms with Crippen LogP contribution in [0.5, 0.6) is 0 Å². The highest BCUT2D eigenvalue weighted by atomic mass is 32.2. The predicted octanol–water partition coefficient (Wildman–Crippen LogP) is 2.22. The van der Waals surface area contributed by atoms with E-state index in [2.05, 4.69) is 6.92 Å². The van der Waals surface area contributed by atoms with E-state index in [1.54, 1.807) is 0 Å². The molecule has 0 radical (unpaired) electrons. The van der Waals surface area contributed by atoms with Crippen LogP contribution in [0.3, 0.4) is 0 Å². The van der Waals surface area contributed by atoms with Crippen LogP contribution in [0.25, 0.3) is 0 Å². The van der Waals surface area contributed by atoms with Gasteiger partial charge in [-0.1, -0.05) is 13.3 Å². The number of halogens is 1. The molecule has 2 rings (SSSR count). The third-order valence-corrected chi connectivity index (χ3v) is 5.64. The molecule has 0 aromatic heterocycles. The predicted molar refractivity (Wildman–Crippen MR) is 72.6 cm³/mol. The van der Waals surface area contributed by atoms with Gasteiger partial charge in [0.1, 0.15) is 10.7 Å². The van der Waals surface area contributed by atoms with Crippen molar-refractivity contribution in [3.63, 3.8) is 0 Å².